The molecule has 0 saturated carbocycles. The smallest absolute Gasteiger partial charge is 0.314 e. The minimum Gasteiger partial charge on any atom is -0.467 e. The molecule has 3 heterocycles. The number of carbonyl (C=O) groups is 1. The summed E-state index contributed by atoms with van der Waals surface area (Å²) in [5, 5.41) is 23.7. The molecule has 1 aliphatic rings. The number of urea groups is 1. The fourth-order valence-corrected chi connectivity index (χ4v) is 2.85. The number of aryl methyl sites for hydroxylation is 1. The number of hydrogen-bond donors (Lipinski definition) is 3. The minimum absolute atomic E-state index is 0.0969. The molecule has 0 bridgehead atoms. The maximum absolute atomic E-state index is 11.8. The molecule has 0 spiro atoms. The molecule has 130 valence electrons. The van der Waals surface area contributed by atoms with Crippen LogP contribution in [0.5, 0.6) is 0 Å². The lowest BCUT2D eigenvalue weighted by atomic mass is 10.2. The molecule has 0 fully saturated rings. The predicted octanol–water partition coefficient (Wildman–Crippen LogP) is 1.17. The monoisotopic (exact) mass is 333 g/mol. The molecule has 2 aromatic rings. The van der Waals surface area contributed by atoms with Crippen molar-refractivity contribution in [1.82, 2.24) is 25.4 Å². The Labute approximate surface area is 140 Å². The van der Waals surface area contributed by atoms with E-state index in [1.165, 1.54) is 12.7 Å². The zero-order chi connectivity index (χ0) is 16.8. The van der Waals surface area contributed by atoms with Gasteiger partial charge in [-0.3, -0.25) is 0 Å². The number of fused-ring (bicyclic) bond motifs is 1. The number of aliphatic hydroxyl groups excluding tert-OH is 1. The topological polar surface area (TPSA) is 105 Å². The number of carbonyl (C=O) groups excluding carboxylic acids is 1. The highest BCUT2D eigenvalue weighted by atomic mass is 16.4. The maximum atomic E-state index is 11.8. The van der Waals surface area contributed by atoms with Gasteiger partial charge in [0.1, 0.15) is 23.5 Å². The fraction of sp³-hybridized carbons (Fsp3) is 0.562. The number of aromatic nitrogens is 3. The Morgan fingerprint density at radius 3 is 3.08 bits per heavy atom. The first-order chi connectivity index (χ1) is 11.7. The molecule has 0 aliphatic carbocycles. The highest BCUT2D eigenvalue weighted by Gasteiger charge is 2.15. The van der Waals surface area contributed by atoms with Crippen molar-refractivity contribution < 1.29 is 14.3 Å². The van der Waals surface area contributed by atoms with Gasteiger partial charge in [-0.15, -0.1) is 10.2 Å². The number of nitrogens with zero attached hydrogens (tertiary/aromatic N) is 3. The van der Waals surface area contributed by atoms with E-state index in [1.807, 2.05) is 0 Å². The van der Waals surface area contributed by atoms with E-state index < -0.39 is 6.10 Å². The van der Waals surface area contributed by atoms with Gasteiger partial charge in [0.05, 0.1) is 12.8 Å². The first-order valence-electron chi connectivity index (χ1n) is 8.38. The third-order valence-electron chi connectivity index (χ3n) is 4.15. The van der Waals surface area contributed by atoms with E-state index >= 15 is 0 Å². The van der Waals surface area contributed by atoms with Crippen molar-refractivity contribution in [3.63, 3.8) is 0 Å². The van der Waals surface area contributed by atoms with Crippen molar-refractivity contribution in [3.05, 3.63) is 35.8 Å². The summed E-state index contributed by atoms with van der Waals surface area (Å²) in [7, 11) is 0. The van der Waals surface area contributed by atoms with Crippen molar-refractivity contribution in [3.8, 4) is 0 Å². The Kier molecular flexibility index (Phi) is 5.47. The average molecular weight is 333 g/mol. The number of aliphatic hydroxyl groups is 1. The second-order valence-electron chi connectivity index (χ2n) is 5.91. The molecule has 1 atom stereocenters. The van der Waals surface area contributed by atoms with E-state index in [1.54, 1.807) is 12.1 Å². The van der Waals surface area contributed by atoms with Gasteiger partial charge < -0.3 is 24.7 Å². The van der Waals surface area contributed by atoms with Crippen LogP contribution in [0.4, 0.5) is 4.79 Å². The average Bonchev–Trinajstić information content (AvgIpc) is 3.18. The maximum Gasteiger partial charge on any atom is 0.314 e. The van der Waals surface area contributed by atoms with E-state index in [0.717, 1.165) is 37.5 Å². The van der Waals surface area contributed by atoms with Crippen LogP contribution in [0.1, 0.15) is 42.8 Å². The summed E-state index contributed by atoms with van der Waals surface area (Å²) >= 11 is 0. The summed E-state index contributed by atoms with van der Waals surface area (Å²) < 4.78 is 7.25. The van der Waals surface area contributed by atoms with Gasteiger partial charge in [-0.2, -0.15) is 0 Å². The molecule has 1 aliphatic heterocycles. The normalized spacial score (nSPS) is 15.4. The molecule has 2 aromatic heterocycles. The molecule has 24 heavy (non-hydrogen) atoms. The van der Waals surface area contributed by atoms with E-state index in [0.29, 0.717) is 18.7 Å². The highest BCUT2D eigenvalue weighted by molar-refractivity contribution is 5.73. The second kappa shape index (κ2) is 7.96. The van der Waals surface area contributed by atoms with Gasteiger partial charge in [0.15, 0.2) is 0 Å². The van der Waals surface area contributed by atoms with Crippen LogP contribution in [0.2, 0.25) is 0 Å². The van der Waals surface area contributed by atoms with Gasteiger partial charge in [0.25, 0.3) is 0 Å². The van der Waals surface area contributed by atoms with E-state index in [9.17, 15) is 9.90 Å². The standard InChI is InChI=1S/C16H23N5O3/c22-12(13-5-4-10-24-13)11-18-16(23)17-8-7-15-20-19-14-6-2-1-3-9-21(14)15/h4-5,10,12,22H,1-3,6-9,11H2,(H2,17,18,23). The molecule has 0 aromatic carbocycles. The second-order valence-corrected chi connectivity index (χ2v) is 5.91. The lowest BCUT2D eigenvalue weighted by Crippen LogP contribution is -2.38. The van der Waals surface area contributed by atoms with Gasteiger partial charge in [-0.1, -0.05) is 6.42 Å². The van der Waals surface area contributed by atoms with E-state index in [2.05, 4.69) is 25.4 Å². The minimum atomic E-state index is -0.849. The summed E-state index contributed by atoms with van der Waals surface area (Å²) in [4.78, 5) is 11.8. The summed E-state index contributed by atoms with van der Waals surface area (Å²) in [5.74, 6) is 2.40. The van der Waals surface area contributed by atoms with E-state index in [-0.39, 0.29) is 12.6 Å². The Bertz CT molecular complexity index is 653. The molecule has 8 heteroatoms. The number of amides is 2. The highest BCUT2D eigenvalue weighted by Crippen LogP contribution is 2.14. The van der Waals surface area contributed by atoms with Crippen LogP contribution >= 0.6 is 0 Å². The van der Waals surface area contributed by atoms with Crippen LogP contribution in [0, 0.1) is 0 Å². The molecular weight excluding hydrogens is 310 g/mol. The van der Waals surface area contributed by atoms with Crippen molar-refractivity contribution in [1.29, 1.82) is 0 Å². The number of nitrogens with one attached hydrogen (secondary N) is 2. The number of furan rings is 1. The SMILES string of the molecule is O=C(NCCc1nnc2n1CCCCC2)NCC(O)c1ccco1. The first kappa shape index (κ1) is 16.5. The van der Waals surface area contributed by atoms with Crippen molar-refractivity contribution in [2.24, 2.45) is 0 Å². The van der Waals surface area contributed by atoms with Crippen LogP contribution in [0.15, 0.2) is 22.8 Å². The molecule has 3 rings (SSSR count). The van der Waals surface area contributed by atoms with Gasteiger partial charge >= 0.3 is 6.03 Å². The third-order valence-corrected chi connectivity index (χ3v) is 4.15. The molecule has 2 amide bonds. The Morgan fingerprint density at radius 1 is 1.33 bits per heavy atom. The van der Waals surface area contributed by atoms with Gasteiger partial charge in [0, 0.05) is 25.9 Å². The first-order valence-corrected chi connectivity index (χ1v) is 8.38. The predicted molar refractivity (Wildman–Crippen MR) is 86.4 cm³/mol. The lowest BCUT2D eigenvalue weighted by molar-refractivity contribution is 0.148. The van der Waals surface area contributed by atoms with E-state index in [4.69, 9.17) is 4.42 Å². The Morgan fingerprint density at radius 2 is 2.25 bits per heavy atom. The molecular formula is C16H23N5O3. The van der Waals surface area contributed by atoms with Gasteiger partial charge in [-0.25, -0.2) is 4.79 Å². The summed E-state index contributed by atoms with van der Waals surface area (Å²) in [6, 6.07) is 3.04. The van der Waals surface area contributed by atoms with Crippen LogP contribution in [-0.2, 0) is 19.4 Å². The van der Waals surface area contributed by atoms with Gasteiger partial charge in [0.2, 0.25) is 0 Å². The van der Waals surface area contributed by atoms with Crippen LogP contribution in [0.3, 0.4) is 0 Å². The Hall–Kier alpha value is -2.35. The largest absolute Gasteiger partial charge is 0.467 e. The number of hydrogen-bond acceptors (Lipinski definition) is 5. The molecule has 3 N–H and O–H groups in total. The molecule has 8 nitrogen and oxygen atoms in total. The number of rotatable bonds is 6. The summed E-state index contributed by atoms with van der Waals surface area (Å²) in [6.45, 7) is 1.53. The third kappa shape index (κ3) is 4.14. The molecule has 1 unspecified atom stereocenters. The van der Waals surface area contributed by atoms with Crippen LogP contribution < -0.4 is 10.6 Å². The van der Waals surface area contributed by atoms with Crippen molar-refractivity contribution in [2.45, 2.75) is 44.8 Å². The molecule has 0 saturated heterocycles. The van der Waals surface area contributed by atoms with Gasteiger partial charge in [-0.05, 0) is 25.0 Å². The van der Waals surface area contributed by atoms with Crippen LogP contribution in [-0.4, -0.2) is 39.0 Å². The molecule has 0 radical (unpaired) electrons. The van der Waals surface area contributed by atoms with Crippen molar-refractivity contribution in [2.75, 3.05) is 13.1 Å². The van der Waals surface area contributed by atoms with Crippen molar-refractivity contribution >= 4 is 6.03 Å². The zero-order valence-corrected chi connectivity index (χ0v) is 13.6. The zero-order valence-electron chi connectivity index (χ0n) is 13.6. The lowest BCUT2D eigenvalue weighted by Gasteiger charge is -2.11. The summed E-state index contributed by atoms with van der Waals surface area (Å²) in [5.41, 5.74) is 0. The van der Waals surface area contributed by atoms with Crippen LogP contribution in [0.25, 0.3) is 0 Å². The quantitative estimate of drug-likeness (QED) is 0.736. The fourth-order valence-electron chi connectivity index (χ4n) is 2.85. The summed E-state index contributed by atoms with van der Waals surface area (Å²) in [6.07, 6.45) is 5.79. The Balaban J connectivity index is 1.40.